The van der Waals surface area contributed by atoms with E-state index >= 15 is 0 Å². The number of halogens is 2. The standard InChI is InChI=1S/C17H18Cl2N2O2/c1-11-13(21-14(23-11)12-6-4-3-5-7-12)8-9-20-15(22)16(2)10-17(16,18)19/h3-7H,8-10H2,1-2H3,(H,20,22). The minimum Gasteiger partial charge on any atom is -0.441 e. The molecule has 1 aromatic heterocycles. The van der Waals surface area contributed by atoms with Crippen LogP contribution in [0, 0.1) is 12.3 Å². The summed E-state index contributed by atoms with van der Waals surface area (Å²) in [6, 6.07) is 9.73. The predicted octanol–water partition coefficient (Wildman–Crippen LogP) is 3.89. The molecule has 1 aromatic carbocycles. The number of carbonyl (C=O) groups excluding carboxylic acids is 1. The number of rotatable bonds is 5. The Hall–Kier alpha value is -1.52. The molecule has 1 saturated carbocycles. The van der Waals surface area contributed by atoms with Crippen molar-refractivity contribution in [3.8, 4) is 11.5 Å². The zero-order chi connectivity index (χ0) is 16.7. The summed E-state index contributed by atoms with van der Waals surface area (Å²) in [6.07, 6.45) is 1.08. The third-order valence-electron chi connectivity index (χ3n) is 4.32. The van der Waals surface area contributed by atoms with Crippen molar-refractivity contribution < 1.29 is 9.21 Å². The molecule has 0 saturated heterocycles. The lowest BCUT2D eigenvalue weighted by atomic mass is 10.1. The highest BCUT2D eigenvalue weighted by molar-refractivity contribution is 6.53. The SMILES string of the molecule is Cc1oc(-c2ccccc2)nc1CCNC(=O)C1(C)CC1(Cl)Cl. The lowest BCUT2D eigenvalue weighted by molar-refractivity contribution is -0.125. The van der Waals surface area contributed by atoms with Crippen LogP contribution in [-0.2, 0) is 11.2 Å². The van der Waals surface area contributed by atoms with E-state index in [4.69, 9.17) is 27.6 Å². The van der Waals surface area contributed by atoms with Crippen molar-refractivity contribution in [2.24, 2.45) is 5.41 Å². The van der Waals surface area contributed by atoms with E-state index in [1.807, 2.05) is 37.3 Å². The van der Waals surface area contributed by atoms with E-state index in [0.29, 0.717) is 25.3 Å². The second-order valence-corrected chi connectivity index (χ2v) is 7.59. The van der Waals surface area contributed by atoms with Crippen LogP contribution in [0.4, 0.5) is 0 Å². The third-order valence-corrected chi connectivity index (χ3v) is 5.42. The molecule has 1 heterocycles. The van der Waals surface area contributed by atoms with Gasteiger partial charge in [0.25, 0.3) is 0 Å². The molecule has 1 aliphatic rings. The number of aromatic nitrogens is 1. The number of aryl methyl sites for hydroxylation is 1. The van der Waals surface area contributed by atoms with Crippen LogP contribution in [0.25, 0.3) is 11.5 Å². The Morgan fingerprint density at radius 2 is 2.00 bits per heavy atom. The van der Waals surface area contributed by atoms with E-state index in [0.717, 1.165) is 17.0 Å². The molecular formula is C17H18Cl2N2O2. The number of amides is 1. The highest BCUT2D eigenvalue weighted by Gasteiger charge is 2.67. The zero-order valence-electron chi connectivity index (χ0n) is 13.0. The normalized spacial score (nSPS) is 21.9. The van der Waals surface area contributed by atoms with Crippen LogP contribution in [0.3, 0.4) is 0 Å². The van der Waals surface area contributed by atoms with Gasteiger partial charge < -0.3 is 9.73 Å². The van der Waals surface area contributed by atoms with Gasteiger partial charge in [-0.25, -0.2) is 4.98 Å². The zero-order valence-corrected chi connectivity index (χ0v) is 14.5. The smallest absolute Gasteiger partial charge is 0.229 e. The molecule has 2 aromatic rings. The topological polar surface area (TPSA) is 55.1 Å². The average molecular weight is 353 g/mol. The average Bonchev–Trinajstić information content (AvgIpc) is 2.86. The molecule has 1 fully saturated rings. The molecule has 1 atom stereocenters. The van der Waals surface area contributed by atoms with Crippen molar-refractivity contribution in [2.75, 3.05) is 6.54 Å². The molecule has 4 nitrogen and oxygen atoms in total. The van der Waals surface area contributed by atoms with Crippen LogP contribution in [0.1, 0.15) is 24.8 Å². The van der Waals surface area contributed by atoms with E-state index in [1.54, 1.807) is 6.92 Å². The third kappa shape index (κ3) is 3.10. The van der Waals surface area contributed by atoms with Gasteiger partial charge in [-0.05, 0) is 32.4 Å². The van der Waals surface area contributed by atoms with Crippen LogP contribution < -0.4 is 5.32 Å². The maximum Gasteiger partial charge on any atom is 0.229 e. The number of oxazole rings is 1. The molecule has 1 unspecified atom stereocenters. The number of nitrogens with one attached hydrogen (secondary N) is 1. The van der Waals surface area contributed by atoms with Crippen molar-refractivity contribution in [2.45, 2.75) is 31.0 Å². The molecule has 0 spiro atoms. The molecule has 6 heteroatoms. The summed E-state index contributed by atoms with van der Waals surface area (Å²) in [7, 11) is 0. The van der Waals surface area contributed by atoms with E-state index < -0.39 is 9.75 Å². The van der Waals surface area contributed by atoms with E-state index in [2.05, 4.69) is 10.3 Å². The number of carbonyl (C=O) groups is 1. The largest absolute Gasteiger partial charge is 0.441 e. The van der Waals surface area contributed by atoms with Gasteiger partial charge in [0, 0.05) is 18.5 Å². The summed E-state index contributed by atoms with van der Waals surface area (Å²) in [6.45, 7) is 4.12. The molecule has 1 amide bonds. The van der Waals surface area contributed by atoms with Gasteiger partial charge in [-0.1, -0.05) is 18.2 Å². The molecular weight excluding hydrogens is 335 g/mol. The summed E-state index contributed by atoms with van der Waals surface area (Å²) in [5, 5.41) is 2.88. The fraction of sp³-hybridized carbons (Fsp3) is 0.412. The lowest BCUT2D eigenvalue weighted by Gasteiger charge is -2.12. The summed E-state index contributed by atoms with van der Waals surface area (Å²) in [5.74, 6) is 1.24. The summed E-state index contributed by atoms with van der Waals surface area (Å²) in [4.78, 5) is 16.6. The van der Waals surface area contributed by atoms with Crippen LogP contribution in [0.15, 0.2) is 34.7 Å². The van der Waals surface area contributed by atoms with Gasteiger partial charge in [-0.15, -0.1) is 23.2 Å². The fourth-order valence-corrected chi connectivity index (χ4v) is 3.21. The number of benzene rings is 1. The highest BCUT2D eigenvalue weighted by Crippen LogP contribution is 2.63. The van der Waals surface area contributed by atoms with Crippen LogP contribution in [-0.4, -0.2) is 21.8 Å². The van der Waals surface area contributed by atoms with Gasteiger partial charge in [0.1, 0.15) is 10.1 Å². The lowest BCUT2D eigenvalue weighted by Crippen LogP contribution is -2.34. The van der Waals surface area contributed by atoms with Crippen molar-refractivity contribution in [3.05, 3.63) is 41.8 Å². The highest BCUT2D eigenvalue weighted by atomic mass is 35.5. The molecule has 1 N–H and O–H groups in total. The Balaban J connectivity index is 1.59. The van der Waals surface area contributed by atoms with Crippen molar-refractivity contribution in [3.63, 3.8) is 0 Å². The van der Waals surface area contributed by atoms with E-state index in [-0.39, 0.29) is 5.91 Å². The molecule has 0 bridgehead atoms. The van der Waals surface area contributed by atoms with Gasteiger partial charge in [0.05, 0.1) is 11.1 Å². The first-order valence-electron chi connectivity index (χ1n) is 7.51. The van der Waals surface area contributed by atoms with Crippen LogP contribution in [0.5, 0.6) is 0 Å². The Labute approximate surface area is 145 Å². The summed E-state index contributed by atoms with van der Waals surface area (Å²) < 4.78 is 4.76. The first kappa shape index (κ1) is 16.3. The first-order valence-corrected chi connectivity index (χ1v) is 8.27. The number of hydrogen-bond donors (Lipinski definition) is 1. The van der Waals surface area contributed by atoms with E-state index in [1.165, 1.54) is 0 Å². The van der Waals surface area contributed by atoms with Crippen molar-refractivity contribution >= 4 is 29.1 Å². The predicted molar refractivity (Wildman–Crippen MR) is 90.6 cm³/mol. The van der Waals surface area contributed by atoms with Crippen LogP contribution >= 0.6 is 23.2 Å². The molecule has 23 heavy (non-hydrogen) atoms. The fourth-order valence-electron chi connectivity index (χ4n) is 2.50. The van der Waals surface area contributed by atoms with Gasteiger partial charge in [0.2, 0.25) is 11.8 Å². The van der Waals surface area contributed by atoms with E-state index in [9.17, 15) is 4.79 Å². The minimum atomic E-state index is -0.943. The molecule has 1 aliphatic carbocycles. The van der Waals surface area contributed by atoms with Gasteiger partial charge >= 0.3 is 0 Å². The quantitative estimate of drug-likeness (QED) is 0.830. The minimum absolute atomic E-state index is 0.119. The van der Waals surface area contributed by atoms with Gasteiger partial charge in [-0.3, -0.25) is 4.79 Å². The Morgan fingerprint density at radius 3 is 2.61 bits per heavy atom. The monoisotopic (exact) mass is 352 g/mol. The first-order chi connectivity index (χ1) is 10.8. The van der Waals surface area contributed by atoms with Gasteiger partial charge in [0.15, 0.2) is 0 Å². The molecule has 0 aliphatic heterocycles. The second-order valence-electron chi connectivity index (χ2n) is 6.11. The molecule has 3 rings (SSSR count). The van der Waals surface area contributed by atoms with Gasteiger partial charge in [-0.2, -0.15) is 0 Å². The van der Waals surface area contributed by atoms with Crippen molar-refractivity contribution in [1.82, 2.24) is 10.3 Å². The number of hydrogen-bond acceptors (Lipinski definition) is 3. The van der Waals surface area contributed by atoms with Crippen LogP contribution in [0.2, 0.25) is 0 Å². The second kappa shape index (κ2) is 5.84. The Bertz CT molecular complexity index is 727. The maximum atomic E-state index is 12.1. The molecule has 0 radical (unpaired) electrons. The Kier molecular flexibility index (Phi) is 4.15. The number of alkyl halides is 2. The number of nitrogens with zero attached hydrogens (tertiary/aromatic N) is 1. The molecule has 122 valence electrons. The van der Waals surface area contributed by atoms with Crippen molar-refractivity contribution in [1.29, 1.82) is 0 Å². The maximum absolute atomic E-state index is 12.1. The summed E-state index contributed by atoms with van der Waals surface area (Å²) >= 11 is 12.0. The Morgan fingerprint density at radius 1 is 1.35 bits per heavy atom. The summed E-state index contributed by atoms with van der Waals surface area (Å²) in [5.41, 5.74) is 1.09.